The van der Waals surface area contributed by atoms with Crippen molar-refractivity contribution in [2.24, 2.45) is 0 Å². The molecule has 1 atom stereocenters. The monoisotopic (exact) mass is 586 g/mol. The molecule has 1 unspecified atom stereocenters. The molecule has 5 nitrogen and oxygen atoms in total. The molecule has 232 valence electrons. The van der Waals surface area contributed by atoms with Crippen molar-refractivity contribution in [3.63, 3.8) is 0 Å². The van der Waals surface area contributed by atoms with E-state index in [1.807, 2.05) is 42.5 Å². The Bertz CT molecular complexity index is 1220. The summed E-state index contributed by atoms with van der Waals surface area (Å²) in [5.41, 5.74) is 2.05. The zero-order valence-electron chi connectivity index (χ0n) is 26.4. The Morgan fingerprint density at radius 3 is 1.81 bits per heavy atom. The van der Waals surface area contributed by atoms with E-state index in [4.69, 9.17) is 14.2 Å². The molecule has 3 aromatic carbocycles. The number of rotatable bonds is 20. The molecule has 0 spiro atoms. The summed E-state index contributed by atoms with van der Waals surface area (Å²) in [6.45, 7) is 6.53. The first-order valence-corrected chi connectivity index (χ1v) is 16.4. The van der Waals surface area contributed by atoms with Crippen LogP contribution >= 0.6 is 0 Å². The number of carbonyl (C=O) groups is 2. The lowest BCUT2D eigenvalue weighted by molar-refractivity contribution is -0.134. The van der Waals surface area contributed by atoms with E-state index < -0.39 is 5.97 Å². The highest BCUT2D eigenvalue weighted by Gasteiger charge is 2.16. The zero-order valence-corrected chi connectivity index (χ0v) is 26.4. The molecule has 0 aliphatic carbocycles. The summed E-state index contributed by atoms with van der Waals surface area (Å²) in [7, 11) is 0. The highest BCUT2D eigenvalue weighted by molar-refractivity contribution is 5.98. The van der Waals surface area contributed by atoms with Crippen molar-refractivity contribution in [2.75, 3.05) is 0 Å². The van der Waals surface area contributed by atoms with Gasteiger partial charge in [-0.2, -0.15) is 0 Å². The molecule has 3 rings (SSSR count). The van der Waals surface area contributed by atoms with Gasteiger partial charge in [0.05, 0.1) is 11.7 Å². The van der Waals surface area contributed by atoms with Gasteiger partial charge >= 0.3 is 11.9 Å². The predicted molar refractivity (Wildman–Crippen MR) is 175 cm³/mol. The molecule has 5 heteroatoms. The van der Waals surface area contributed by atoms with Gasteiger partial charge in [-0.1, -0.05) is 108 Å². The molecular weight excluding hydrogens is 536 g/mol. The first-order chi connectivity index (χ1) is 21.0. The number of hydrogen-bond donors (Lipinski definition) is 0. The van der Waals surface area contributed by atoms with Crippen LogP contribution in [0.15, 0.2) is 72.8 Å². The van der Waals surface area contributed by atoms with E-state index in [1.54, 1.807) is 30.3 Å². The zero-order chi connectivity index (χ0) is 30.7. The average molecular weight is 587 g/mol. The highest BCUT2D eigenvalue weighted by Crippen LogP contribution is 2.28. The van der Waals surface area contributed by atoms with Gasteiger partial charge in [0.1, 0.15) is 17.2 Å². The van der Waals surface area contributed by atoms with Crippen LogP contribution in [0.3, 0.4) is 0 Å². The van der Waals surface area contributed by atoms with Crippen molar-refractivity contribution in [1.82, 2.24) is 0 Å². The Morgan fingerprint density at radius 1 is 0.605 bits per heavy atom. The fraction of sp³-hybridized carbons (Fsp3) is 0.474. The van der Waals surface area contributed by atoms with Crippen LogP contribution in [0.4, 0.5) is 0 Å². The van der Waals surface area contributed by atoms with E-state index in [1.165, 1.54) is 57.8 Å². The van der Waals surface area contributed by atoms with Crippen molar-refractivity contribution < 1.29 is 23.8 Å². The smallest absolute Gasteiger partial charge is 0.344 e. The van der Waals surface area contributed by atoms with E-state index in [0.29, 0.717) is 23.5 Å². The third-order valence-corrected chi connectivity index (χ3v) is 7.61. The number of unbranched alkanes of at least 4 members (excludes halogenated alkanes) is 10. The predicted octanol–water partition coefficient (Wildman–Crippen LogP) is 10.7. The van der Waals surface area contributed by atoms with Gasteiger partial charge in [0.15, 0.2) is 0 Å². The van der Waals surface area contributed by atoms with Crippen LogP contribution in [0.25, 0.3) is 11.1 Å². The maximum atomic E-state index is 13.1. The lowest BCUT2D eigenvalue weighted by atomic mass is 9.99. The number of esters is 2. The van der Waals surface area contributed by atoms with Gasteiger partial charge in [-0.25, -0.2) is 4.79 Å². The molecule has 0 saturated heterocycles. The first-order valence-electron chi connectivity index (χ1n) is 16.4. The lowest BCUT2D eigenvalue weighted by Crippen LogP contribution is -2.12. The van der Waals surface area contributed by atoms with E-state index >= 15 is 0 Å². The summed E-state index contributed by atoms with van der Waals surface area (Å²) in [6, 6.07) is 21.8. The van der Waals surface area contributed by atoms with Gasteiger partial charge in [-0.05, 0) is 79.8 Å². The summed E-state index contributed by atoms with van der Waals surface area (Å²) in [6.07, 6.45) is 16.0. The molecule has 0 bridgehead atoms. The van der Waals surface area contributed by atoms with Gasteiger partial charge in [0.2, 0.25) is 0 Å². The van der Waals surface area contributed by atoms with Gasteiger partial charge in [-0.3, -0.25) is 4.79 Å². The second-order valence-electron chi connectivity index (χ2n) is 11.4. The van der Waals surface area contributed by atoms with E-state index in [9.17, 15) is 9.59 Å². The number of carbonyl (C=O) groups excluding carboxylic acids is 2. The molecule has 0 N–H and O–H groups in total. The van der Waals surface area contributed by atoms with Crippen molar-refractivity contribution in [3.05, 3.63) is 78.4 Å². The fourth-order valence-electron chi connectivity index (χ4n) is 5.10. The van der Waals surface area contributed by atoms with Gasteiger partial charge < -0.3 is 14.2 Å². The summed E-state index contributed by atoms with van der Waals surface area (Å²) in [5, 5.41) is 0. The summed E-state index contributed by atoms with van der Waals surface area (Å²) in [5.74, 6) is 1.09. The number of benzene rings is 3. The molecule has 3 aromatic rings. The first kappa shape index (κ1) is 33.9. The van der Waals surface area contributed by atoms with Crippen LogP contribution in [0.2, 0.25) is 0 Å². The minimum atomic E-state index is -0.436. The van der Waals surface area contributed by atoms with Crippen LogP contribution in [0.1, 0.15) is 121 Å². The maximum absolute atomic E-state index is 13.1. The lowest BCUT2D eigenvalue weighted by Gasteiger charge is -2.15. The summed E-state index contributed by atoms with van der Waals surface area (Å²) < 4.78 is 17.3. The van der Waals surface area contributed by atoms with Crippen molar-refractivity contribution in [3.8, 4) is 28.4 Å². The van der Waals surface area contributed by atoms with Crippen molar-refractivity contribution in [2.45, 2.75) is 117 Å². The van der Waals surface area contributed by atoms with Gasteiger partial charge in [-0.15, -0.1) is 0 Å². The van der Waals surface area contributed by atoms with E-state index in [-0.39, 0.29) is 12.1 Å². The topological polar surface area (TPSA) is 61.8 Å². The molecule has 0 saturated carbocycles. The summed E-state index contributed by atoms with van der Waals surface area (Å²) >= 11 is 0. The Kier molecular flexibility index (Phi) is 15.4. The Balaban J connectivity index is 1.49. The molecule has 0 aliphatic heterocycles. The Labute approximate surface area is 259 Å². The number of hydrogen-bond acceptors (Lipinski definition) is 5. The number of ether oxygens (including phenoxy) is 3. The minimum absolute atomic E-state index is 0.141. The average Bonchev–Trinajstić information content (AvgIpc) is 3.02. The van der Waals surface area contributed by atoms with Crippen molar-refractivity contribution in [1.29, 1.82) is 0 Å². The van der Waals surface area contributed by atoms with Gasteiger partial charge in [0.25, 0.3) is 0 Å². The van der Waals surface area contributed by atoms with Crippen LogP contribution in [0.5, 0.6) is 17.2 Å². The normalized spacial score (nSPS) is 11.6. The largest absolute Gasteiger partial charge is 0.491 e. The second-order valence-corrected chi connectivity index (χ2v) is 11.4. The molecule has 43 heavy (non-hydrogen) atoms. The Morgan fingerprint density at radius 2 is 1.14 bits per heavy atom. The quantitative estimate of drug-likeness (QED) is 0.0748. The van der Waals surface area contributed by atoms with Crippen LogP contribution in [-0.4, -0.2) is 18.0 Å². The molecule has 0 amide bonds. The van der Waals surface area contributed by atoms with E-state index in [2.05, 4.69) is 20.8 Å². The second kappa shape index (κ2) is 19.6. The molecule has 0 aliphatic rings. The fourth-order valence-corrected chi connectivity index (χ4v) is 5.10. The molecule has 0 aromatic heterocycles. The minimum Gasteiger partial charge on any atom is -0.491 e. The molecule has 0 radical (unpaired) electrons. The van der Waals surface area contributed by atoms with Gasteiger partial charge in [0, 0.05) is 6.42 Å². The van der Waals surface area contributed by atoms with Crippen molar-refractivity contribution >= 4 is 11.9 Å². The molecule has 0 fully saturated rings. The van der Waals surface area contributed by atoms with Crippen LogP contribution in [0, 0.1) is 0 Å². The summed E-state index contributed by atoms with van der Waals surface area (Å²) in [4.78, 5) is 25.4. The SMILES string of the molecule is CCCCCCCCCCC(=O)Oc1ccc(-c2ccccc2C(=O)Oc2ccc(OC(C)CCCCCC)cc2)cc1. The van der Waals surface area contributed by atoms with E-state index in [0.717, 1.165) is 42.6 Å². The van der Waals surface area contributed by atoms with Crippen LogP contribution < -0.4 is 14.2 Å². The standard InChI is InChI=1S/C38H50O5/c1-4-6-8-10-11-12-13-15-21-37(39)42-33-24-22-31(23-25-33)35-19-16-17-20-36(35)38(40)43-34-28-26-32(27-29-34)41-30(3)18-14-9-7-5-2/h16-17,19-20,22-30H,4-15,18,21H2,1-3H3. The third kappa shape index (κ3) is 12.7. The molecular formula is C38H50O5. The molecule has 0 heterocycles. The maximum Gasteiger partial charge on any atom is 0.344 e. The highest BCUT2D eigenvalue weighted by atomic mass is 16.5. The van der Waals surface area contributed by atoms with Crippen LogP contribution in [-0.2, 0) is 4.79 Å². The third-order valence-electron chi connectivity index (χ3n) is 7.61. The Hall–Kier alpha value is -3.60.